The van der Waals surface area contributed by atoms with Crippen LogP contribution in [0.3, 0.4) is 0 Å². The van der Waals surface area contributed by atoms with E-state index in [-0.39, 0.29) is 5.92 Å². The number of rotatable bonds is 3. The predicted molar refractivity (Wildman–Crippen MR) is 57.9 cm³/mol. The van der Waals surface area contributed by atoms with E-state index in [2.05, 4.69) is 38.3 Å². The van der Waals surface area contributed by atoms with E-state index >= 15 is 0 Å². The summed E-state index contributed by atoms with van der Waals surface area (Å²) in [6.45, 7) is 12.6. The highest BCUT2D eigenvalue weighted by molar-refractivity contribution is 6.80. The van der Waals surface area contributed by atoms with Crippen LogP contribution in [-0.2, 0) is 0 Å². The molecule has 1 N–H and O–H groups in total. The van der Waals surface area contributed by atoms with Crippen LogP contribution < -0.4 is 0 Å². The summed E-state index contributed by atoms with van der Waals surface area (Å²) in [5.41, 5.74) is 1.70. The Morgan fingerprint density at radius 3 is 1.92 bits per heavy atom. The summed E-state index contributed by atoms with van der Waals surface area (Å²) in [7, 11) is -1.09. The predicted octanol–water partition coefficient (Wildman–Crippen LogP) is 2.83. The molecule has 0 aliphatic heterocycles. The molecule has 0 aliphatic carbocycles. The Morgan fingerprint density at radius 2 is 1.67 bits per heavy atom. The molecule has 0 bridgehead atoms. The fourth-order valence-electron chi connectivity index (χ4n) is 0.668. The molecular weight excluding hydrogens is 164 g/mol. The molecule has 0 rings (SSSR count). The quantitative estimate of drug-likeness (QED) is 0.672. The second kappa shape index (κ2) is 3.75. The zero-order chi connectivity index (χ0) is 9.99. The van der Waals surface area contributed by atoms with Gasteiger partial charge in [-0.25, -0.2) is 0 Å². The average molecular weight is 186 g/mol. The minimum absolute atomic E-state index is 0.240. The molecular formula is C10H22OSi. The fraction of sp³-hybridized carbons (Fsp3) is 0.800. The lowest BCUT2D eigenvalue weighted by Crippen LogP contribution is -2.28. The standard InChI is InChI=1S/C10H22OSi/c1-9(10(2,3)11)7-8-12(4,5)6/h7-9,11H,1-6H3/b8-7-. The van der Waals surface area contributed by atoms with Crippen molar-refractivity contribution in [1.82, 2.24) is 0 Å². The topological polar surface area (TPSA) is 20.2 Å². The van der Waals surface area contributed by atoms with Crippen molar-refractivity contribution in [3.8, 4) is 0 Å². The average Bonchev–Trinajstić information content (AvgIpc) is 1.78. The molecule has 0 spiro atoms. The molecule has 0 fully saturated rings. The number of hydrogen-bond acceptors (Lipinski definition) is 1. The van der Waals surface area contributed by atoms with E-state index in [0.717, 1.165) is 0 Å². The normalized spacial score (nSPS) is 16.9. The summed E-state index contributed by atoms with van der Waals surface area (Å²) in [6.07, 6.45) is 2.15. The van der Waals surface area contributed by atoms with Crippen LogP contribution >= 0.6 is 0 Å². The Kier molecular flexibility index (Phi) is 3.73. The zero-order valence-corrected chi connectivity index (χ0v) is 10.2. The third-order valence-corrected chi connectivity index (χ3v) is 3.19. The molecule has 12 heavy (non-hydrogen) atoms. The Hall–Kier alpha value is -0.0831. The maximum atomic E-state index is 9.65. The summed E-state index contributed by atoms with van der Waals surface area (Å²) in [5.74, 6) is 0.240. The van der Waals surface area contributed by atoms with E-state index < -0.39 is 13.7 Å². The highest BCUT2D eigenvalue weighted by Gasteiger charge is 2.20. The Balaban J connectivity index is 4.19. The molecule has 0 aromatic heterocycles. The van der Waals surface area contributed by atoms with Gasteiger partial charge in [-0.2, -0.15) is 0 Å². The molecule has 0 saturated heterocycles. The van der Waals surface area contributed by atoms with Gasteiger partial charge in [-0.05, 0) is 13.8 Å². The monoisotopic (exact) mass is 186 g/mol. The van der Waals surface area contributed by atoms with E-state index in [1.165, 1.54) is 0 Å². The van der Waals surface area contributed by atoms with Gasteiger partial charge in [0.2, 0.25) is 0 Å². The van der Waals surface area contributed by atoms with Gasteiger partial charge >= 0.3 is 0 Å². The van der Waals surface area contributed by atoms with Crippen molar-refractivity contribution in [1.29, 1.82) is 0 Å². The fourth-order valence-corrected chi connectivity index (χ4v) is 1.53. The van der Waals surface area contributed by atoms with E-state index in [9.17, 15) is 5.11 Å². The molecule has 1 atom stereocenters. The van der Waals surface area contributed by atoms with Crippen LogP contribution in [0.2, 0.25) is 19.6 Å². The van der Waals surface area contributed by atoms with Crippen LogP contribution in [0.25, 0.3) is 0 Å². The van der Waals surface area contributed by atoms with Gasteiger partial charge in [0.15, 0.2) is 0 Å². The van der Waals surface area contributed by atoms with Crippen molar-refractivity contribution in [3.05, 3.63) is 11.8 Å². The van der Waals surface area contributed by atoms with Crippen molar-refractivity contribution in [2.75, 3.05) is 0 Å². The van der Waals surface area contributed by atoms with E-state index in [4.69, 9.17) is 0 Å². The Morgan fingerprint density at radius 1 is 1.25 bits per heavy atom. The minimum atomic E-state index is -1.09. The smallest absolute Gasteiger partial charge is 0.0683 e. The van der Waals surface area contributed by atoms with Crippen molar-refractivity contribution in [3.63, 3.8) is 0 Å². The number of aliphatic hydroxyl groups is 1. The highest BCUT2D eigenvalue weighted by atomic mass is 28.3. The first-order valence-electron chi connectivity index (χ1n) is 4.54. The first-order chi connectivity index (χ1) is 5.13. The second-order valence-corrected chi connectivity index (χ2v) is 10.2. The molecule has 2 heteroatoms. The minimum Gasteiger partial charge on any atom is -0.390 e. The van der Waals surface area contributed by atoms with Crippen LogP contribution in [0, 0.1) is 5.92 Å². The van der Waals surface area contributed by atoms with Crippen molar-refractivity contribution in [2.24, 2.45) is 5.92 Å². The van der Waals surface area contributed by atoms with Crippen molar-refractivity contribution < 1.29 is 5.11 Å². The van der Waals surface area contributed by atoms with E-state index in [1.807, 2.05) is 13.8 Å². The molecule has 0 amide bonds. The molecule has 0 heterocycles. The second-order valence-electron chi connectivity index (χ2n) is 5.17. The molecule has 1 unspecified atom stereocenters. The summed E-state index contributed by atoms with van der Waals surface area (Å²) in [6, 6.07) is 0. The Labute approximate surface area is 77.5 Å². The largest absolute Gasteiger partial charge is 0.390 e. The summed E-state index contributed by atoms with van der Waals surface area (Å²) in [4.78, 5) is 0. The zero-order valence-electron chi connectivity index (χ0n) is 9.18. The summed E-state index contributed by atoms with van der Waals surface area (Å²) >= 11 is 0. The van der Waals surface area contributed by atoms with Gasteiger partial charge in [-0.15, -0.1) is 0 Å². The highest BCUT2D eigenvalue weighted by Crippen LogP contribution is 2.18. The van der Waals surface area contributed by atoms with Gasteiger partial charge in [-0.3, -0.25) is 0 Å². The molecule has 0 aliphatic rings. The maximum absolute atomic E-state index is 9.65. The van der Waals surface area contributed by atoms with Crippen LogP contribution in [0.5, 0.6) is 0 Å². The third kappa shape index (κ3) is 5.55. The lowest BCUT2D eigenvalue weighted by atomic mass is 9.93. The van der Waals surface area contributed by atoms with Crippen LogP contribution in [-0.4, -0.2) is 18.8 Å². The lowest BCUT2D eigenvalue weighted by Gasteiger charge is -2.23. The third-order valence-electron chi connectivity index (χ3n) is 2.00. The molecule has 0 aromatic carbocycles. The van der Waals surface area contributed by atoms with Gasteiger partial charge in [0, 0.05) is 5.92 Å². The van der Waals surface area contributed by atoms with Crippen molar-refractivity contribution in [2.45, 2.75) is 46.0 Å². The van der Waals surface area contributed by atoms with Gasteiger partial charge in [0.25, 0.3) is 0 Å². The van der Waals surface area contributed by atoms with Crippen molar-refractivity contribution >= 4 is 8.07 Å². The first kappa shape index (κ1) is 11.9. The SMILES string of the molecule is CC(/C=C\[Si](C)(C)C)C(C)(C)O. The van der Waals surface area contributed by atoms with E-state index in [1.54, 1.807) is 0 Å². The Bertz CT molecular complexity index is 160. The summed E-state index contributed by atoms with van der Waals surface area (Å²) < 4.78 is 0. The molecule has 0 aromatic rings. The molecule has 72 valence electrons. The van der Waals surface area contributed by atoms with Gasteiger partial charge in [0.05, 0.1) is 13.7 Å². The number of hydrogen-bond donors (Lipinski definition) is 1. The van der Waals surface area contributed by atoms with Crippen LogP contribution in [0.1, 0.15) is 20.8 Å². The van der Waals surface area contributed by atoms with Crippen LogP contribution in [0.4, 0.5) is 0 Å². The molecule has 0 radical (unpaired) electrons. The molecule has 1 nitrogen and oxygen atoms in total. The van der Waals surface area contributed by atoms with Gasteiger partial charge in [-0.1, -0.05) is 38.3 Å². The lowest BCUT2D eigenvalue weighted by molar-refractivity contribution is 0.0441. The van der Waals surface area contributed by atoms with E-state index in [0.29, 0.717) is 0 Å². The molecule has 0 saturated carbocycles. The summed E-state index contributed by atoms with van der Waals surface area (Å²) in [5, 5.41) is 9.65. The maximum Gasteiger partial charge on any atom is 0.0683 e. The van der Waals surface area contributed by atoms with Gasteiger partial charge < -0.3 is 5.11 Å². The van der Waals surface area contributed by atoms with Gasteiger partial charge in [0.1, 0.15) is 0 Å². The first-order valence-corrected chi connectivity index (χ1v) is 8.12. The van der Waals surface area contributed by atoms with Crippen LogP contribution in [0.15, 0.2) is 11.8 Å².